The van der Waals surface area contributed by atoms with Gasteiger partial charge >= 0.3 is 11.9 Å². The molecular weight excluding hydrogens is 1400 g/mol. The molecule has 0 radical (unpaired) electrons. The Bertz CT molecular complexity index is 3390. The number of para-hydroxylation sites is 1. The zero-order chi connectivity index (χ0) is 80.4. The van der Waals surface area contributed by atoms with E-state index >= 15 is 0 Å². The molecule has 3 rings (SSSR count). The summed E-state index contributed by atoms with van der Waals surface area (Å²) in [7, 11) is 0. The predicted molar refractivity (Wildman–Crippen MR) is 384 cm³/mol. The van der Waals surface area contributed by atoms with Crippen LogP contribution in [0, 0.1) is 17.8 Å². The summed E-state index contributed by atoms with van der Waals surface area (Å²) in [5, 5.41) is 77.1. The molecule has 39 heteroatoms. The van der Waals surface area contributed by atoms with Crippen molar-refractivity contribution < 1.29 is 102 Å². The quantitative estimate of drug-likeness (QED) is 0.0274. The Morgan fingerprint density at radius 1 is 0.514 bits per heavy atom. The van der Waals surface area contributed by atoms with Crippen molar-refractivity contribution in [3.63, 3.8) is 0 Å². The van der Waals surface area contributed by atoms with Gasteiger partial charge in [0.25, 0.3) is 0 Å². The number of aliphatic hydroxyl groups is 3. The molecule has 0 bridgehead atoms. The van der Waals surface area contributed by atoms with Crippen molar-refractivity contribution in [3.8, 4) is 0 Å². The number of primary amides is 2. The first-order valence-corrected chi connectivity index (χ1v) is 35.7. The number of carboxylic acids is 2. The van der Waals surface area contributed by atoms with Crippen LogP contribution in [0.4, 0.5) is 0 Å². The summed E-state index contributed by atoms with van der Waals surface area (Å²) in [6.45, 7) is 7.23. The summed E-state index contributed by atoms with van der Waals surface area (Å²) in [6, 6.07) is -13.6. The van der Waals surface area contributed by atoms with Crippen LogP contribution in [-0.4, -0.2) is 248 Å². The highest BCUT2D eigenvalue weighted by atomic mass is 16.4. The number of carboxylic acid groups (broad SMARTS) is 2. The second-order valence-corrected chi connectivity index (χ2v) is 27.3. The van der Waals surface area contributed by atoms with Crippen LogP contribution in [0.2, 0.25) is 0 Å². The summed E-state index contributed by atoms with van der Waals surface area (Å²) in [6.07, 6.45) is 0.635. The number of fused-ring (bicyclic) bond motifs is 1. The van der Waals surface area contributed by atoms with Crippen LogP contribution >= 0.6 is 0 Å². The third-order valence-corrected chi connectivity index (χ3v) is 17.7. The topological polar surface area (TPSA) is 656 Å². The van der Waals surface area contributed by atoms with E-state index in [0.717, 1.165) is 0 Å². The summed E-state index contributed by atoms with van der Waals surface area (Å²) in [4.78, 5) is 220. The standard InChI is InChI=1S/C68H110N18O21/c1-7-36(6)55(66(104)84-50(33-89)63(101)79-45(26-35(4)5)60(98)82-48(31-87)64(102)81-47(68(106)107)29-54(92)93)85-61(99)46(27-37-30-74-40-16-9-8-15-38(37)40)80-58(96)42(20-21-52(72)90)76-62(100)49(32-88)83-65(103)51-19-14-24-86(51)67(105)43(18-11-13-23-70)77-59(97)44(25-34(2)3)78-57(95)41(17-10-12-22-69)75-56(94)39(71)28-53(73)91/h8-9,15-16,30,34-36,39,41-51,55,74,87-89H,7,10-14,17-29,31-33,69-71H2,1-6H3,(H2,72,90)(H2,73,91)(H,75,94)(H,76,100)(H,77,97)(H,78,95)(H,79,101)(H,80,96)(H,81,102)(H,82,98)(H,83,103)(H,84,104)(H,85,99)(H,92,93)(H,106,107)/t36-,39-,41-,42-,43-,44-,45-,46-,47-,48-,49-,50-,51-,55-/m0/s1. The first-order chi connectivity index (χ1) is 50.5. The van der Waals surface area contributed by atoms with E-state index in [2.05, 4.69) is 58.2 Å². The number of nitrogens with zero attached hydrogens (tertiary/aromatic N) is 1. The molecule has 598 valence electrons. The maximum absolute atomic E-state index is 14.8. The average molecular weight is 1520 g/mol. The number of carbonyl (C=O) groups excluding carboxylic acids is 14. The van der Waals surface area contributed by atoms with Gasteiger partial charge in [0.2, 0.25) is 82.7 Å². The number of benzene rings is 1. The average Bonchev–Trinajstić information content (AvgIpc) is 1.73. The van der Waals surface area contributed by atoms with Gasteiger partial charge in [0.05, 0.1) is 38.7 Å². The number of carbonyl (C=O) groups is 16. The summed E-state index contributed by atoms with van der Waals surface area (Å²) in [5.41, 5.74) is 29.2. The number of aliphatic hydroxyl groups excluding tert-OH is 3. The van der Waals surface area contributed by atoms with Gasteiger partial charge in [-0.25, -0.2) is 4.79 Å². The van der Waals surface area contributed by atoms with E-state index in [-0.39, 0.29) is 82.8 Å². The number of unbranched alkanes of at least 4 members (excludes halogenated alkanes) is 2. The van der Waals surface area contributed by atoms with Crippen molar-refractivity contribution in [1.82, 2.24) is 68.4 Å². The molecule has 2 aromatic rings. The number of nitrogens with two attached hydrogens (primary N) is 5. The summed E-state index contributed by atoms with van der Waals surface area (Å²) >= 11 is 0. The monoisotopic (exact) mass is 1510 g/mol. The van der Waals surface area contributed by atoms with Crippen LogP contribution in [0.25, 0.3) is 10.9 Å². The SMILES string of the molecule is CC[C@H](C)[C@H](NC(=O)[C@H](Cc1c[nH]c2ccccc12)NC(=O)[C@H](CCC(N)=O)NC(=O)[C@H](CO)NC(=O)[C@@H]1CCCN1C(=O)[C@H](CCCCN)NC(=O)[C@H](CC(C)C)NC(=O)[C@H](CCCCN)NC(=O)[C@@H](N)CC(N)=O)C(=O)N[C@@H](CO)C(=O)N[C@@H](CC(C)C)C(=O)N[C@@H](CO)C(=O)N[C@@H](CC(=O)O)C(=O)O. The number of aromatic nitrogens is 1. The largest absolute Gasteiger partial charge is 0.481 e. The van der Waals surface area contributed by atoms with Crippen LogP contribution < -0.4 is 87.2 Å². The fourth-order valence-electron chi connectivity index (χ4n) is 11.6. The lowest BCUT2D eigenvalue weighted by Gasteiger charge is -2.31. The Balaban J connectivity index is 1.93. The highest BCUT2D eigenvalue weighted by Crippen LogP contribution is 2.23. The molecule has 27 N–H and O–H groups in total. The third-order valence-electron chi connectivity index (χ3n) is 17.7. The van der Waals surface area contributed by atoms with E-state index in [1.807, 2.05) is 5.32 Å². The second-order valence-electron chi connectivity index (χ2n) is 27.3. The van der Waals surface area contributed by atoms with Crippen LogP contribution in [-0.2, 0) is 83.1 Å². The molecule has 1 fully saturated rings. The molecule has 1 saturated heterocycles. The molecule has 2 heterocycles. The van der Waals surface area contributed by atoms with Crippen molar-refractivity contribution in [2.45, 2.75) is 223 Å². The molecular formula is C68H110N18O21. The molecule has 1 aliphatic rings. The zero-order valence-electron chi connectivity index (χ0n) is 61.3. The Kier molecular flexibility index (Phi) is 39.4. The maximum atomic E-state index is 14.8. The first kappa shape index (κ1) is 91.3. The highest BCUT2D eigenvalue weighted by molar-refractivity contribution is 6.01. The number of H-pyrrole nitrogens is 1. The zero-order valence-corrected chi connectivity index (χ0v) is 61.3. The minimum atomic E-state index is -1.95. The number of hydrogen-bond donors (Lipinski definition) is 22. The number of aromatic amines is 1. The van der Waals surface area contributed by atoms with Gasteiger partial charge in [-0.05, 0) is 113 Å². The van der Waals surface area contributed by atoms with Crippen molar-refractivity contribution in [2.24, 2.45) is 46.4 Å². The van der Waals surface area contributed by atoms with Gasteiger partial charge in [0.15, 0.2) is 0 Å². The van der Waals surface area contributed by atoms with Crippen LogP contribution in [0.3, 0.4) is 0 Å². The number of amides is 14. The Labute approximate surface area is 618 Å². The normalized spacial score (nSPS) is 16.4. The number of rotatable bonds is 50. The van der Waals surface area contributed by atoms with Gasteiger partial charge in [-0.15, -0.1) is 0 Å². The maximum Gasteiger partial charge on any atom is 0.326 e. The molecule has 0 saturated carbocycles. The minimum absolute atomic E-state index is 0.0137. The van der Waals surface area contributed by atoms with E-state index in [9.17, 15) is 97.1 Å². The van der Waals surface area contributed by atoms with Crippen molar-refractivity contribution in [2.75, 3.05) is 39.5 Å². The lowest BCUT2D eigenvalue weighted by molar-refractivity contribution is -0.147. The lowest BCUT2D eigenvalue weighted by atomic mass is 9.96. The fraction of sp³-hybridized carbons (Fsp3) is 0.647. The van der Waals surface area contributed by atoms with Crippen molar-refractivity contribution in [3.05, 3.63) is 36.0 Å². The van der Waals surface area contributed by atoms with Gasteiger partial charge in [-0.1, -0.05) is 66.2 Å². The van der Waals surface area contributed by atoms with Crippen molar-refractivity contribution >= 4 is 106 Å². The van der Waals surface area contributed by atoms with E-state index in [4.69, 9.17) is 33.8 Å². The molecule has 1 aliphatic heterocycles. The molecule has 14 atom stereocenters. The van der Waals surface area contributed by atoms with Gasteiger partial charge in [0.1, 0.15) is 72.5 Å². The van der Waals surface area contributed by atoms with Crippen LogP contribution in [0.15, 0.2) is 30.5 Å². The van der Waals surface area contributed by atoms with Gasteiger partial charge in [0, 0.05) is 36.5 Å². The Hall–Kier alpha value is -9.96. The highest BCUT2D eigenvalue weighted by Gasteiger charge is 2.42. The molecule has 39 nitrogen and oxygen atoms in total. The van der Waals surface area contributed by atoms with Gasteiger partial charge in [-0.3, -0.25) is 71.9 Å². The van der Waals surface area contributed by atoms with Gasteiger partial charge in [-0.2, -0.15) is 0 Å². The smallest absolute Gasteiger partial charge is 0.326 e. The number of hydrogen-bond acceptors (Lipinski definition) is 22. The Morgan fingerprint density at radius 3 is 1.45 bits per heavy atom. The number of nitrogens with one attached hydrogen (secondary N) is 12. The second kappa shape index (κ2) is 46.2. The molecule has 14 amide bonds. The van der Waals surface area contributed by atoms with E-state index < -0.39 is 225 Å². The lowest BCUT2D eigenvalue weighted by Crippen LogP contribution is -2.62. The first-order valence-electron chi connectivity index (χ1n) is 35.7. The Morgan fingerprint density at radius 2 is 0.953 bits per heavy atom. The number of aliphatic carboxylic acids is 2. The predicted octanol–water partition coefficient (Wildman–Crippen LogP) is -6.57. The van der Waals surface area contributed by atoms with E-state index in [1.54, 1.807) is 72.0 Å². The third kappa shape index (κ3) is 30.4. The summed E-state index contributed by atoms with van der Waals surface area (Å²) < 4.78 is 0. The van der Waals surface area contributed by atoms with Crippen LogP contribution in [0.1, 0.15) is 143 Å². The van der Waals surface area contributed by atoms with Crippen LogP contribution in [0.5, 0.6) is 0 Å². The van der Waals surface area contributed by atoms with Gasteiger partial charge < -0.3 is 123 Å². The molecule has 0 spiro atoms. The van der Waals surface area contributed by atoms with E-state index in [0.29, 0.717) is 42.1 Å². The van der Waals surface area contributed by atoms with E-state index in [1.165, 1.54) is 4.90 Å². The van der Waals surface area contributed by atoms with Crippen molar-refractivity contribution in [1.29, 1.82) is 0 Å². The molecule has 0 aliphatic carbocycles. The minimum Gasteiger partial charge on any atom is -0.481 e. The fourth-order valence-corrected chi connectivity index (χ4v) is 11.6. The number of likely N-dealkylation sites (tertiary alicyclic amines) is 1. The summed E-state index contributed by atoms with van der Waals surface area (Å²) in [5.74, 6) is -18.4. The molecule has 107 heavy (non-hydrogen) atoms. The molecule has 1 aromatic heterocycles. The molecule has 1 aromatic carbocycles. The molecule has 0 unspecified atom stereocenters.